The molecule has 0 aliphatic heterocycles. The number of amides is 1. The third kappa shape index (κ3) is 3.12. The van der Waals surface area contributed by atoms with E-state index in [2.05, 4.69) is 4.90 Å². The van der Waals surface area contributed by atoms with Crippen molar-refractivity contribution in [2.24, 2.45) is 17.8 Å². The predicted octanol–water partition coefficient (Wildman–Crippen LogP) is 5.58. The molecule has 0 radical (unpaired) electrons. The van der Waals surface area contributed by atoms with Crippen LogP contribution in [-0.4, -0.2) is 33.2 Å². The number of carbonyl (C=O) groups is 1. The molecular weight excluding hydrogens is 382 g/mol. The Morgan fingerprint density at radius 2 is 1.45 bits per heavy atom. The zero-order valence-electron chi connectivity index (χ0n) is 18.1. The van der Waals surface area contributed by atoms with Crippen LogP contribution in [0.15, 0.2) is 66.9 Å². The van der Waals surface area contributed by atoms with Gasteiger partial charge < -0.3 is 4.90 Å². The number of aromatic nitrogens is 2. The molecule has 0 spiro atoms. The summed E-state index contributed by atoms with van der Waals surface area (Å²) in [5.74, 6) is 2.54. The Balaban J connectivity index is 1.40. The van der Waals surface area contributed by atoms with E-state index >= 15 is 0 Å². The third-order valence-electron chi connectivity index (χ3n) is 8.03. The number of hydrogen-bond donors (Lipinski definition) is 0. The lowest BCUT2D eigenvalue weighted by Crippen LogP contribution is -2.60. The first-order chi connectivity index (χ1) is 15.1. The molecule has 0 N–H and O–H groups in total. The van der Waals surface area contributed by atoms with Crippen molar-refractivity contribution in [2.75, 3.05) is 7.05 Å². The second-order valence-electron chi connectivity index (χ2n) is 10.0. The van der Waals surface area contributed by atoms with Gasteiger partial charge in [-0.25, -0.2) is 4.68 Å². The van der Waals surface area contributed by atoms with Crippen molar-refractivity contribution in [3.05, 3.63) is 72.4 Å². The van der Waals surface area contributed by atoms with Gasteiger partial charge in [0.05, 0.1) is 11.3 Å². The number of rotatable bonds is 4. The largest absolute Gasteiger partial charge is 0.336 e. The van der Waals surface area contributed by atoms with E-state index in [1.54, 1.807) is 0 Å². The van der Waals surface area contributed by atoms with Gasteiger partial charge in [-0.3, -0.25) is 4.79 Å². The summed E-state index contributed by atoms with van der Waals surface area (Å²) in [7, 11) is 2.05. The molecule has 1 aromatic heterocycles. The lowest BCUT2D eigenvalue weighted by molar-refractivity contribution is -0.0665. The minimum atomic E-state index is 0.0363. The normalized spacial score (nSPS) is 28.6. The Labute approximate surface area is 183 Å². The van der Waals surface area contributed by atoms with Crippen molar-refractivity contribution in [3.63, 3.8) is 0 Å². The van der Waals surface area contributed by atoms with Crippen molar-refractivity contribution >= 4 is 5.91 Å². The number of para-hydroxylation sites is 1. The molecule has 4 heteroatoms. The van der Waals surface area contributed by atoms with Crippen LogP contribution < -0.4 is 0 Å². The molecule has 4 nitrogen and oxygen atoms in total. The van der Waals surface area contributed by atoms with Crippen LogP contribution >= 0.6 is 0 Å². The van der Waals surface area contributed by atoms with Gasteiger partial charge in [0, 0.05) is 24.3 Å². The Morgan fingerprint density at radius 1 is 0.903 bits per heavy atom. The summed E-state index contributed by atoms with van der Waals surface area (Å²) in [4.78, 5) is 16.1. The van der Waals surface area contributed by atoms with Crippen molar-refractivity contribution in [1.29, 1.82) is 0 Å². The second kappa shape index (κ2) is 7.08. The fourth-order valence-electron chi connectivity index (χ4n) is 6.92. The summed E-state index contributed by atoms with van der Waals surface area (Å²) in [6, 6.07) is 20.2. The fourth-order valence-corrected chi connectivity index (χ4v) is 6.92. The van der Waals surface area contributed by atoms with Gasteiger partial charge in [-0.2, -0.15) is 5.10 Å². The summed E-state index contributed by atoms with van der Waals surface area (Å²) in [6.07, 6.45) is 9.59. The molecule has 4 saturated carbocycles. The van der Waals surface area contributed by atoms with Crippen molar-refractivity contribution in [2.45, 2.75) is 44.1 Å². The van der Waals surface area contributed by atoms with Crippen LogP contribution in [0.2, 0.25) is 0 Å². The molecule has 4 bridgehead atoms. The van der Waals surface area contributed by atoms with Gasteiger partial charge in [-0.15, -0.1) is 0 Å². The first-order valence-electron chi connectivity index (χ1n) is 11.6. The second-order valence-corrected chi connectivity index (χ2v) is 10.0. The highest BCUT2D eigenvalue weighted by Crippen LogP contribution is 2.57. The maximum Gasteiger partial charge on any atom is 0.257 e. The van der Waals surface area contributed by atoms with E-state index in [1.807, 2.05) is 78.6 Å². The number of carbonyl (C=O) groups excluding carboxylic acids is 1. The number of nitrogens with zero attached hydrogens (tertiary/aromatic N) is 3. The Morgan fingerprint density at radius 3 is 2.03 bits per heavy atom. The predicted molar refractivity (Wildman–Crippen MR) is 122 cm³/mol. The van der Waals surface area contributed by atoms with Gasteiger partial charge in [0.2, 0.25) is 0 Å². The monoisotopic (exact) mass is 411 g/mol. The molecule has 0 atom stereocenters. The Kier molecular flexibility index (Phi) is 4.31. The van der Waals surface area contributed by atoms with E-state index in [4.69, 9.17) is 5.10 Å². The van der Waals surface area contributed by atoms with E-state index in [-0.39, 0.29) is 11.4 Å². The van der Waals surface area contributed by atoms with Crippen molar-refractivity contribution in [1.82, 2.24) is 14.7 Å². The summed E-state index contributed by atoms with van der Waals surface area (Å²) in [5, 5.41) is 4.87. The average Bonchev–Trinajstić information content (AvgIpc) is 3.24. The molecule has 158 valence electrons. The van der Waals surface area contributed by atoms with E-state index in [0.717, 1.165) is 34.7 Å². The highest BCUT2D eigenvalue weighted by atomic mass is 16.2. The Hall–Kier alpha value is -2.88. The van der Waals surface area contributed by atoms with Gasteiger partial charge in [-0.05, 0) is 68.4 Å². The van der Waals surface area contributed by atoms with Gasteiger partial charge in [-0.1, -0.05) is 48.5 Å². The topological polar surface area (TPSA) is 38.1 Å². The summed E-state index contributed by atoms with van der Waals surface area (Å²) >= 11 is 0. The van der Waals surface area contributed by atoms with Crippen LogP contribution in [-0.2, 0) is 0 Å². The van der Waals surface area contributed by atoms with Crippen LogP contribution in [0.1, 0.15) is 48.9 Å². The van der Waals surface area contributed by atoms with Crippen LogP contribution in [0.25, 0.3) is 16.9 Å². The molecule has 4 fully saturated rings. The molecule has 4 aliphatic rings. The quantitative estimate of drug-likeness (QED) is 0.562. The lowest BCUT2D eigenvalue weighted by Gasteiger charge is -2.59. The Bertz CT molecular complexity index is 1070. The van der Waals surface area contributed by atoms with E-state index in [0.29, 0.717) is 5.56 Å². The fraction of sp³-hybridized carbons (Fsp3) is 0.407. The third-order valence-corrected chi connectivity index (χ3v) is 8.03. The van der Waals surface area contributed by atoms with Crippen molar-refractivity contribution < 1.29 is 4.79 Å². The molecule has 3 aromatic rings. The first-order valence-corrected chi connectivity index (χ1v) is 11.6. The zero-order chi connectivity index (χ0) is 21.0. The van der Waals surface area contributed by atoms with Gasteiger partial charge in [0.1, 0.15) is 5.69 Å². The van der Waals surface area contributed by atoms with Crippen LogP contribution in [0.5, 0.6) is 0 Å². The average molecular weight is 412 g/mol. The first kappa shape index (κ1) is 18.9. The van der Waals surface area contributed by atoms with Crippen LogP contribution in [0.3, 0.4) is 0 Å². The van der Waals surface area contributed by atoms with Gasteiger partial charge in [0.25, 0.3) is 5.91 Å². The molecule has 1 amide bonds. The van der Waals surface area contributed by atoms with E-state index in [1.165, 1.54) is 38.5 Å². The minimum Gasteiger partial charge on any atom is -0.336 e. The smallest absolute Gasteiger partial charge is 0.257 e. The summed E-state index contributed by atoms with van der Waals surface area (Å²) < 4.78 is 1.85. The standard InChI is InChI=1S/C27H29N3O/c1-29(27-15-19-12-20(16-27)14-21(13-19)17-27)26(31)24-18-30(23-10-6-3-7-11-23)28-25(24)22-8-4-2-5-9-22/h2-11,18-21H,12-17H2,1H3. The molecular formula is C27H29N3O. The number of hydrogen-bond acceptors (Lipinski definition) is 2. The molecule has 31 heavy (non-hydrogen) atoms. The van der Waals surface area contributed by atoms with E-state index < -0.39 is 0 Å². The van der Waals surface area contributed by atoms with E-state index in [9.17, 15) is 4.79 Å². The molecule has 2 aromatic carbocycles. The molecule has 4 aliphatic carbocycles. The molecule has 0 saturated heterocycles. The summed E-state index contributed by atoms with van der Waals surface area (Å²) in [6.45, 7) is 0. The van der Waals surface area contributed by atoms with Crippen molar-refractivity contribution in [3.8, 4) is 16.9 Å². The maximum absolute atomic E-state index is 14.0. The molecule has 1 heterocycles. The lowest BCUT2D eigenvalue weighted by atomic mass is 9.52. The highest BCUT2D eigenvalue weighted by Gasteiger charge is 2.54. The van der Waals surface area contributed by atoms with Gasteiger partial charge in [0.15, 0.2) is 0 Å². The highest BCUT2D eigenvalue weighted by molar-refractivity contribution is 6.00. The number of benzene rings is 2. The zero-order valence-corrected chi connectivity index (χ0v) is 18.1. The van der Waals surface area contributed by atoms with Crippen LogP contribution in [0.4, 0.5) is 0 Å². The van der Waals surface area contributed by atoms with Crippen LogP contribution in [0, 0.1) is 17.8 Å². The molecule has 7 rings (SSSR count). The SMILES string of the molecule is CN(C(=O)c1cn(-c2ccccc2)nc1-c1ccccc1)C12CC3CC(CC(C3)C1)C2. The minimum absolute atomic E-state index is 0.0363. The molecule has 0 unspecified atom stereocenters. The summed E-state index contributed by atoms with van der Waals surface area (Å²) in [5.41, 5.74) is 3.46. The maximum atomic E-state index is 14.0. The van der Waals surface area contributed by atoms with Gasteiger partial charge >= 0.3 is 0 Å².